The van der Waals surface area contributed by atoms with Crippen LogP contribution in [0.15, 0.2) is 6.07 Å². The van der Waals surface area contributed by atoms with Crippen LogP contribution in [0.5, 0.6) is 0 Å². The predicted octanol–water partition coefficient (Wildman–Crippen LogP) is 3.13. The number of pyridine rings is 1. The molecule has 1 aromatic heterocycles. The third kappa shape index (κ3) is 2.47. The van der Waals surface area contributed by atoms with E-state index in [0.29, 0.717) is 5.69 Å². The molecule has 82 valence electrons. The molecule has 0 aliphatic rings. The fourth-order valence-corrected chi connectivity index (χ4v) is 1.65. The summed E-state index contributed by atoms with van der Waals surface area (Å²) in [6, 6.07) is 1.42. The molecule has 15 heavy (non-hydrogen) atoms. The molecule has 1 heterocycles. The zero-order chi connectivity index (χ0) is 11.6. The second-order valence-corrected chi connectivity index (χ2v) is 3.41. The summed E-state index contributed by atoms with van der Waals surface area (Å²) >= 11 is 3.02. The molecule has 0 aromatic carbocycles. The van der Waals surface area contributed by atoms with Crippen molar-refractivity contribution in [2.24, 2.45) is 0 Å². The van der Waals surface area contributed by atoms with E-state index in [1.54, 1.807) is 0 Å². The fraction of sp³-hybridized carbons (Fsp3) is 0.375. The summed E-state index contributed by atoms with van der Waals surface area (Å²) in [6.07, 6.45) is -2.94. The monoisotopic (exact) mass is 280 g/mol. The molecule has 0 aliphatic carbocycles. The average Bonchev–Trinajstić information content (AvgIpc) is 2.15. The minimum atomic E-state index is -2.94. The maximum atomic E-state index is 12.5. The summed E-state index contributed by atoms with van der Waals surface area (Å²) in [7, 11) is 0. The number of aryl methyl sites for hydroxylation is 1. The number of hydrogen-bond donors (Lipinski definition) is 0. The van der Waals surface area contributed by atoms with Crippen LogP contribution in [-0.4, -0.2) is 9.91 Å². The summed E-state index contributed by atoms with van der Waals surface area (Å²) in [6.45, 7) is 1.52. The van der Waals surface area contributed by atoms with Gasteiger partial charge >= 0.3 is 5.69 Å². The SMILES string of the molecule is Cc1cc(CBr)c([N+](=O)[O-])c(C(F)F)n1. The quantitative estimate of drug-likeness (QED) is 0.486. The van der Waals surface area contributed by atoms with Gasteiger partial charge in [-0.2, -0.15) is 0 Å². The molecular weight excluding hydrogens is 274 g/mol. The van der Waals surface area contributed by atoms with Gasteiger partial charge in [-0.25, -0.2) is 13.8 Å². The van der Waals surface area contributed by atoms with Crippen molar-refractivity contribution in [3.05, 3.63) is 33.1 Å². The van der Waals surface area contributed by atoms with Crippen molar-refractivity contribution in [1.82, 2.24) is 4.98 Å². The molecule has 4 nitrogen and oxygen atoms in total. The van der Waals surface area contributed by atoms with Gasteiger partial charge in [0.25, 0.3) is 6.43 Å². The largest absolute Gasteiger partial charge is 0.300 e. The van der Waals surface area contributed by atoms with Gasteiger partial charge in [-0.1, -0.05) is 15.9 Å². The van der Waals surface area contributed by atoms with E-state index in [9.17, 15) is 18.9 Å². The molecule has 0 saturated carbocycles. The van der Waals surface area contributed by atoms with Crippen molar-refractivity contribution in [3.8, 4) is 0 Å². The molecule has 0 N–H and O–H groups in total. The number of rotatable bonds is 3. The third-order valence-corrected chi connectivity index (χ3v) is 2.36. The van der Waals surface area contributed by atoms with Gasteiger partial charge in [-0.15, -0.1) is 0 Å². The average molecular weight is 281 g/mol. The second kappa shape index (κ2) is 4.61. The first-order valence-corrected chi connectivity index (χ1v) is 5.08. The molecular formula is C8H7BrF2N2O2. The Bertz CT molecular complexity index is 398. The van der Waals surface area contributed by atoms with Crippen LogP contribution in [-0.2, 0) is 5.33 Å². The molecule has 0 atom stereocenters. The lowest BCUT2D eigenvalue weighted by Gasteiger charge is -2.06. The van der Waals surface area contributed by atoms with Gasteiger partial charge < -0.3 is 0 Å². The first-order valence-electron chi connectivity index (χ1n) is 3.96. The van der Waals surface area contributed by atoms with Gasteiger partial charge in [0.15, 0.2) is 5.69 Å². The van der Waals surface area contributed by atoms with E-state index in [-0.39, 0.29) is 10.9 Å². The maximum Gasteiger partial charge on any atom is 0.300 e. The van der Waals surface area contributed by atoms with Crippen molar-refractivity contribution >= 4 is 21.6 Å². The van der Waals surface area contributed by atoms with E-state index in [4.69, 9.17) is 0 Å². The van der Waals surface area contributed by atoms with Crippen LogP contribution < -0.4 is 0 Å². The van der Waals surface area contributed by atoms with Gasteiger partial charge in [0.05, 0.1) is 4.92 Å². The standard InChI is InChI=1S/C8H7BrF2N2O2/c1-4-2-5(3-9)7(13(14)15)6(12-4)8(10)11/h2,8H,3H2,1H3. The molecule has 0 aliphatic heterocycles. The number of alkyl halides is 3. The van der Waals surface area contributed by atoms with Crippen LogP contribution >= 0.6 is 15.9 Å². The number of nitro groups is 1. The summed E-state index contributed by atoms with van der Waals surface area (Å²) in [5, 5.41) is 10.8. The van der Waals surface area contributed by atoms with Gasteiger partial charge in [0.1, 0.15) is 0 Å². The fourth-order valence-electron chi connectivity index (χ4n) is 1.23. The summed E-state index contributed by atoms with van der Waals surface area (Å²) in [5.41, 5.74) is -0.824. The van der Waals surface area contributed by atoms with Gasteiger partial charge in [-0.05, 0) is 13.0 Å². The second-order valence-electron chi connectivity index (χ2n) is 2.85. The molecule has 0 radical (unpaired) electrons. The Hall–Kier alpha value is -1.11. The number of hydrogen-bond acceptors (Lipinski definition) is 3. The zero-order valence-corrected chi connectivity index (χ0v) is 9.29. The van der Waals surface area contributed by atoms with E-state index >= 15 is 0 Å². The van der Waals surface area contributed by atoms with Gasteiger partial charge in [0.2, 0.25) is 0 Å². The Labute approximate surface area is 92.6 Å². The normalized spacial score (nSPS) is 10.7. The lowest BCUT2D eigenvalue weighted by molar-refractivity contribution is -0.387. The van der Waals surface area contributed by atoms with Crippen molar-refractivity contribution in [3.63, 3.8) is 0 Å². The van der Waals surface area contributed by atoms with Gasteiger partial charge in [0, 0.05) is 16.6 Å². The van der Waals surface area contributed by atoms with E-state index in [0.717, 1.165) is 0 Å². The van der Waals surface area contributed by atoms with Crippen molar-refractivity contribution in [1.29, 1.82) is 0 Å². The Kier molecular flexibility index (Phi) is 3.67. The van der Waals surface area contributed by atoms with Crippen molar-refractivity contribution in [2.75, 3.05) is 0 Å². The van der Waals surface area contributed by atoms with Crippen LogP contribution in [0, 0.1) is 17.0 Å². The van der Waals surface area contributed by atoms with Crippen molar-refractivity contribution in [2.45, 2.75) is 18.7 Å². The van der Waals surface area contributed by atoms with E-state index < -0.39 is 22.7 Å². The lowest BCUT2D eigenvalue weighted by Crippen LogP contribution is -2.04. The minimum absolute atomic E-state index is 0.145. The molecule has 0 amide bonds. The van der Waals surface area contributed by atoms with E-state index in [2.05, 4.69) is 20.9 Å². The Morgan fingerprint density at radius 3 is 2.67 bits per heavy atom. The Morgan fingerprint density at radius 2 is 2.27 bits per heavy atom. The predicted molar refractivity (Wildman–Crippen MR) is 53.2 cm³/mol. The molecule has 7 heteroatoms. The van der Waals surface area contributed by atoms with E-state index in [1.165, 1.54) is 13.0 Å². The summed E-state index contributed by atoms with van der Waals surface area (Å²) in [4.78, 5) is 13.3. The molecule has 1 rings (SSSR count). The lowest BCUT2D eigenvalue weighted by atomic mass is 10.1. The van der Waals surface area contributed by atoms with Crippen LogP contribution in [0.3, 0.4) is 0 Å². The molecule has 0 bridgehead atoms. The summed E-state index contributed by atoms with van der Waals surface area (Å²) in [5.74, 6) is 0. The molecule has 0 unspecified atom stereocenters. The van der Waals surface area contributed by atoms with E-state index in [1.807, 2.05) is 0 Å². The number of aromatic nitrogens is 1. The molecule has 0 fully saturated rings. The highest BCUT2D eigenvalue weighted by Gasteiger charge is 2.27. The highest BCUT2D eigenvalue weighted by Crippen LogP contribution is 2.31. The van der Waals surface area contributed by atoms with Crippen molar-refractivity contribution < 1.29 is 13.7 Å². The molecule has 0 saturated heterocycles. The van der Waals surface area contributed by atoms with Crippen LogP contribution in [0.25, 0.3) is 0 Å². The minimum Gasteiger partial charge on any atom is -0.258 e. The zero-order valence-electron chi connectivity index (χ0n) is 7.71. The third-order valence-electron chi connectivity index (χ3n) is 1.76. The highest BCUT2D eigenvalue weighted by atomic mass is 79.9. The summed E-state index contributed by atoms with van der Waals surface area (Å²) < 4.78 is 25.0. The molecule has 1 aromatic rings. The number of halogens is 3. The van der Waals surface area contributed by atoms with Crippen LogP contribution in [0.1, 0.15) is 23.4 Å². The topological polar surface area (TPSA) is 56.0 Å². The van der Waals surface area contributed by atoms with Crippen LogP contribution in [0.2, 0.25) is 0 Å². The first kappa shape index (κ1) is 12.0. The number of nitrogens with zero attached hydrogens (tertiary/aromatic N) is 2. The molecule has 0 spiro atoms. The van der Waals surface area contributed by atoms with Gasteiger partial charge in [-0.3, -0.25) is 10.1 Å². The first-order chi connectivity index (χ1) is 6.97. The smallest absolute Gasteiger partial charge is 0.258 e. The Balaban J connectivity index is 3.47. The van der Waals surface area contributed by atoms with Crippen LogP contribution in [0.4, 0.5) is 14.5 Å². The maximum absolute atomic E-state index is 12.5. The Morgan fingerprint density at radius 1 is 1.67 bits per heavy atom. The highest BCUT2D eigenvalue weighted by molar-refractivity contribution is 9.08.